The zero-order valence-corrected chi connectivity index (χ0v) is 12.7. The number of hydrogen-bond acceptors (Lipinski definition) is 3. The van der Waals surface area contributed by atoms with E-state index >= 15 is 0 Å². The van der Waals surface area contributed by atoms with Gasteiger partial charge >= 0.3 is 0 Å². The first-order valence-electron chi connectivity index (χ1n) is 7.07. The average Bonchev–Trinajstić information content (AvgIpc) is 2.34. The Morgan fingerprint density at radius 3 is 2.53 bits per heavy atom. The minimum Gasteiger partial charge on any atom is -0.354 e. The van der Waals surface area contributed by atoms with Crippen LogP contribution < -0.4 is 10.2 Å². The molecule has 0 saturated heterocycles. The average molecular weight is 267 g/mol. The van der Waals surface area contributed by atoms with Gasteiger partial charge in [0.1, 0.15) is 0 Å². The molecular weight excluding hydrogens is 241 g/mol. The van der Waals surface area contributed by atoms with Gasteiger partial charge in [0.15, 0.2) is 11.6 Å². The first-order chi connectivity index (χ1) is 8.95. The smallest absolute Gasteiger partial charge is 0.170 e. The predicted molar refractivity (Wildman–Crippen MR) is 78.9 cm³/mol. The van der Waals surface area contributed by atoms with E-state index in [1.807, 2.05) is 11.8 Å². The summed E-state index contributed by atoms with van der Waals surface area (Å²) in [5, 5.41) is 3.24. The predicted octanol–water partition coefficient (Wildman–Crippen LogP) is 3.20. The number of nitrogens with one attached hydrogen (secondary N) is 1. The highest BCUT2D eigenvalue weighted by atomic mass is 19.1. The van der Waals surface area contributed by atoms with Crippen molar-refractivity contribution in [3.63, 3.8) is 0 Å². The Kier molecular flexibility index (Phi) is 6.22. The van der Waals surface area contributed by atoms with Crippen LogP contribution in [0.5, 0.6) is 0 Å². The Bertz CT molecular complexity index is 391. The number of rotatable bonds is 7. The van der Waals surface area contributed by atoms with Gasteiger partial charge in [0.2, 0.25) is 0 Å². The van der Waals surface area contributed by atoms with Crippen LogP contribution in [0.15, 0.2) is 12.3 Å². The van der Waals surface area contributed by atoms with Crippen molar-refractivity contribution in [2.24, 2.45) is 5.92 Å². The summed E-state index contributed by atoms with van der Waals surface area (Å²) < 4.78 is 14.5. The minimum absolute atomic E-state index is 0.196. The largest absolute Gasteiger partial charge is 0.354 e. The van der Waals surface area contributed by atoms with E-state index < -0.39 is 0 Å². The third kappa shape index (κ3) is 4.78. The molecule has 0 amide bonds. The highest BCUT2D eigenvalue weighted by Gasteiger charge is 2.16. The molecule has 0 atom stereocenters. The molecule has 0 aliphatic carbocycles. The van der Waals surface area contributed by atoms with E-state index in [9.17, 15) is 4.39 Å². The summed E-state index contributed by atoms with van der Waals surface area (Å²) in [6, 6.07) is 2.09. The number of aromatic nitrogens is 1. The second kappa shape index (κ2) is 7.43. The first kappa shape index (κ1) is 15.9. The van der Waals surface area contributed by atoms with Crippen molar-refractivity contribution in [1.29, 1.82) is 0 Å². The minimum atomic E-state index is -0.196. The van der Waals surface area contributed by atoms with Gasteiger partial charge in [-0.05, 0) is 18.9 Å². The molecule has 0 radical (unpaired) electrons. The highest BCUT2D eigenvalue weighted by Crippen LogP contribution is 2.20. The molecule has 1 N–H and O–H groups in total. The van der Waals surface area contributed by atoms with Crippen molar-refractivity contribution in [3.05, 3.63) is 23.6 Å². The molecule has 4 heteroatoms. The number of pyridine rings is 1. The van der Waals surface area contributed by atoms with E-state index in [2.05, 4.69) is 38.0 Å². The lowest BCUT2D eigenvalue weighted by molar-refractivity contribution is 0.540. The summed E-state index contributed by atoms with van der Waals surface area (Å²) in [5.41, 5.74) is 0.681. The number of hydrogen-bond donors (Lipinski definition) is 1. The second-order valence-corrected chi connectivity index (χ2v) is 5.58. The summed E-state index contributed by atoms with van der Waals surface area (Å²) in [4.78, 5) is 6.21. The molecule has 0 aromatic carbocycles. The summed E-state index contributed by atoms with van der Waals surface area (Å²) >= 11 is 0. The SMILES string of the molecule is CCN(CC(C)C)c1nccc(CNC(C)C)c1F. The van der Waals surface area contributed by atoms with Crippen LogP contribution >= 0.6 is 0 Å². The van der Waals surface area contributed by atoms with Crippen molar-refractivity contribution in [2.75, 3.05) is 18.0 Å². The molecule has 0 aliphatic heterocycles. The van der Waals surface area contributed by atoms with Crippen LogP contribution in [0, 0.1) is 11.7 Å². The van der Waals surface area contributed by atoms with Crippen molar-refractivity contribution in [1.82, 2.24) is 10.3 Å². The van der Waals surface area contributed by atoms with Crippen molar-refractivity contribution >= 4 is 5.82 Å². The highest BCUT2D eigenvalue weighted by molar-refractivity contribution is 5.43. The van der Waals surface area contributed by atoms with Gasteiger partial charge in [-0.15, -0.1) is 0 Å². The molecule has 1 heterocycles. The second-order valence-electron chi connectivity index (χ2n) is 5.58. The van der Waals surface area contributed by atoms with Gasteiger partial charge < -0.3 is 10.2 Å². The molecule has 1 rings (SSSR count). The first-order valence-corrected chi connectivity index (χ1v) is 7.07. The molecular formula is C15H26FN3. The van der Waals surface area contributed by atoms with Crippen molar-refractivity contribution in [2.45, 2.75) is 47.2 Å². The number of anilines is 1. The van der Waals surface area contributed by atoms with E-state index in [4.69, 9.17) is 0 Å². The quantitative estimate of drug-likeness (QED) is 0.822. The Balaban J connectivity index is 2.91. The van der Waals surface area contributed by atoms with Crippen LogP contribution in [-0.4, -0.2) is 24.1 Å². The maximum absolute atomic E-state index is 14.5. The fourth-order valence-corrected chi connectivity index (χ4v) is 1.95. The molecule has 0 unspecified atom stereocenters. The maximum Gasteiger partial charge on any atom is 0.170 e. The van der Waals surface area contributed by atoms with Crippen molar-refractivity contribution in [3.8, 4) is 0 Å². The maximum atomic E-state index is 14.5. The third-order valence-electron chi connectivity index (χ3n) is 2.92. The van der Waals surface area contributed by atoms with Crippen LogP contribution in [0.25, 0.3) is 0 Å². The Morgan fingerprint density at radius 2 is 2.00 bits per heavy atom. The fraction of sp³-hybridized carbons (Fsp3) is 0.667. The Morgan fingerprint density at radius 1 is 1.32 bits per heavy atom. The van der Waals surface area contributed by atoms with Gasteiger partial charge in [-0.2, -0.15) is 0 Å². The Labute approximate surface area is 116 Å². The van der Waals surface area contributed by atoms with Gasteiger partial charge in [0, 0.05) is 37.4 Å². The molecule has 1 aromatic rings. The van der Waals surface area contributed by atoms with E-state index in [1.165, 1.54) is 0 Å². The van der Waals surface area contributed by atoms with Crippen LogP contribution in [0.2, 0.25) is 0 Å². The van der Waals surface area contributed by atoms with Crippen LogP contribution in [0.4, 0.5) is 10.2 Å². The van der Waals surface area contributed by atoms with Crippen LogP contribution in [0.3, 0.4) is 0 Å². The third-order valence-corrected chi connectivity index (χ3v) is 2.92. The van der Waals surface area contributed by atoms with Gasteiger partial charge in [-0.3, -0.25) is 0 Å². The molecule has 3 nitrogen and oxygen atoms in total. The van der Waals surface area contributed by atoms with Gasteiger partial charge in [0.25, 0.3) is 0 Å². The van der Waals surface area contributed by atoms with Gasteiger partial charge in [-0.25, -0.2) is 9.37 Å². The summed E-state index contributed by atoms with van der Waals surface area (Å²) in [7, 11) is 0. The number of halogens is 1. The van der Waals surface area contributed by atoms with Crippen LogP contribution in [0.1, 0.15) is 40.2 Å². The molecule has 0 bridgehead atoms. The standard InChI is InChI=1S/C15H26FN3/c1-6-19(10-11(2)3)15-14(16)13(7-8-17-15)9-18-12(4)5/h7-8,11-12,18H,6,9-10H2,1-5H3. The Hall–Kier alpha value is -1.16. The summed E-state index contributed by atoms with van der Waals surface area (Å²) in [5.74, 6) is 0.760. The van der Waals surface area contributed by atoms with E-state index in [-0.39, 0.29) is 5.82 Å². The van der Waals surface area contributed by atoms with Gasteiger partial charge in [0.05, 0.1) is 0 Å². The number of nitrogens with zero attached hydrogens (tertiary/aromatic N) is 2. The molecule has 1 aromatic heterocycles. The van der Waals surface area contributed by atoms with E-state index in [0.717, 1.165) is 13.1 Å². The lowest BCUT2D eigenvalue weighted by Crippen LogP contribution is -2.30. The molecule has 19 heavy (non-hydrogen) atoms. The molecule has 0 spiro atoms. The topological polar surface area (TPSA) is 28.2 Å². The lowest BCUT2D eigenvalue weighted by atomic mass is 10.2. The van der Waals surface area contributed by atoms with Gasteiger partial charge in [-0.1, -0.05) is 27.7 Å². The van der Waals surface area contributed by atoms with Crippen LogP contribution in [-0.2, 0) is 6.54 Å². The monoisotopic (exact) mass is 267 g/mol. The molecule has 0 fully saturated rings. The zero-order valence-electron chi connectivity index (χ0n) is 12.7. The van der Waals surface area contributed by atoms with E-state index in [1.54, 1.807) is 12.3 Å². The summed E-state index contributed by atoms with van der Waals surface area (Å²) in [6.45, 7) is 12.5. The van der Waals surface area contributed by atoms with E-state index in [0.29, 0.717) is 29.9 Å². The summed E-state index contributed by atoms with van der Waals surface area (Å²) in [6.07, 6.45) is 1.69. The lowest BCUT2D eigenvalue weighted by Gasteiger charge is -2.25. The fourth-order valence-electron chi connectivity index (χ4n) is 1.95. The molecule has 0 saturated carbocycles. The molecule has 0 aliphatic rings. The molecule has 108 valence electrons. The normalized spacial score (nSPS) is 11.4. The zero-order chi connectivity index (χ0) is 14.4. The van der Waals surface area contributed by atoms with Crippen molar-refractivity contribution < 1.29 is 4.39 Å².